The van der Waals surface area contributed by atoms with Crippen molar-refractivity contribution in [3.05, 3.63) is 12.7 Å². The molecule has 2 atom stereocenters. The number of rotatable bonds is 4. The van der Waals surface area contributed by atoms with Crippen LogP contribution < -0.4 is 11.3 Å². The van der Waals surface area contributed by atoms with Crippen molar-refractivity contribution in [1.29, 1.82) is 0 Å². The van der Waals surface area contributed by atoms with Crippen molar-refractivity contribution in [2.75, 3.05) is 5.43 Å². The van der Waals surface area contributed by atoms with E-state index < -0.39 is 0 Å². The molecule has 0 aromatic carbocycles. The van der Waals surface area contributed by atoms with Crippen molar-refractivity contribution in [1.82, 2.24) is 29.7 Å². The Morgan fingerprint density at radius 2 is 2.24 bits per heavy atom. The second-order valence-electron chi connectivity index (χ2n) is 5.24. The van der Waals surface area contributed by atoms with Gasteiger partial charge < -0.3 is 0 Å². The molecule has 2 unspecified atom stereocenters. The van der Waals surface area contributed by atoms with Crippen LogP contribution in [0.4, 0.5) is 5.95 Å². The third-order valence-corrected chi connectivity index (χ3v) is 4.67. The molecular weight excluding hydrogens is 288 g/mol. The van der Waals surface area contributed by atoms with Gasteiger partial charge in [0.2, 0.25) is 5.95 Å². The van der Waals surface area contributed by atoms with Gasteiger partial charge in [0.25, 0.3) is 5.95 Å². The summed E-state index contributed by atoms with van der Waals surface area (Å²) in [7, 11) is 0. The van der Waals surface area contributed by atoms with Gasteiger partial charge in [-0.25, -0.2) is 10.8 Å². The molecule has 0 spiro atoms. The smallest absolute Gasteiger partial charge is 0.257 e. The Morgan fingerprint density at radius 1 is 1.33 bits per heavy atom. The summed E-state index contributed by atoms with van der Waals surface area (Å²) in [6.07, 6.45) is 7.96. The standard InChI is InChI=1S/C12H18N8S/c1-8-3-2-4-9(5-8)21-12-17-10(19-13)16-11(18-12)20-7-14-6-15-20/h6-9H,2-5,13H2,1H3,(H,16,17,18,19). The van der Waals surface area contributed by atoms with Crippen LogP contribution in [0.15, 0.2) is 17.8 Å². The number of hydrazine groups is 1. The average molecular weight is 306 g/mol. The molecule has 1 saturated carbocycles. The second-order valence-corrected chi connectivity index (χ2v) is 6.51. The quantitative estimate of drug-likeness (QED) is 0.645. The maximum Gasteiger partial charge on any atom is 0.257 e. The number of nitrogen functional groups attached to an aromatic ring is 1. The van der Waals surface area contributed by atoms with E-state index in [2.05, 4.69) is 37.4 Å². The van der Waals surface area contributed by atoms with E-state index in [0.717, 1.165) is 5.92 Å². The highest BCUT2D eigenvalue weighted by Gasteiger charge is 2.21. The van der Waals surface area contributed by atoms with Crippen LogP contribution in [0.1, 0.15) is 32.6 Å². The van der Waals surface area contributed by atoms with Crippen LogP contribution >= 0.6 is 11.8 Å². The van der Waals surface area contributed by atoms with E-state index in [0.29, 0.717) is 22.3 Å². The third-order valence-electron chi connectivity index (χ3n) is 3.52. The zero-order valence-corrected chi connectivity index (χ0v) is 12.6. The minimum atomic E-state index is 0.335. The predicted molar refractivity (Wildman–Crippen MR) is 79.8 cm³/mol. The van der Waals surface area contributed by atoms with Crippen molar-refractivity contribution in [3.63, 3.8) is 0 Å². The lowest BCUT2D eigenvalue weighted by Crippen LogP contribution is -2.17. The van der Waals surface area contributed by atoms with Gasteiger partial charge in [-0.05, 0) is 18.8 Å². The first kappa shape index (κ1) is 14.2. The monoisotopic (exact) mass is 306 g/mol. The highest BCUT2D eigenvalue weighted by Crippen LogP contribution is 2.34. The van der Waals surface area contributed by atoms with Gasteiger partial charge in [-0.2, -0.15) is 24.7 Å². The lowest BCUT2D eigenvalue weighted by Gasteiger charge is -2.25. The Morgan fingerprint density at radius 3 is 2.95 bits per heavy atom. The highest BCUT2D eigenvalue weighted by molar-refractivity contribution is 7.99. The summed E-state index contributed by atoms with van der Waals surface area (Å²) in [6.45, 7) is 2.30. The second kappa shape index (κ2) is 6.35. The molecule has 8 nitrogen and oxygen atoms in total. The molecule has 3 N–H and O–H groups in total. The summed E-state index contributed by atoms with van der Waals surface area (Å²) >= 11 is 1.69. The van der Waals surface area contributed by atoms with Crippen LogP contribution in [-0.2, 0) is 0 Å². The van der Waals surface area contributed by atoms with Gasteiger partial charge >= 0.3 is 0 Å². The molecule has 112 valence electrons. The van der Waals surface area contributed by atoms with Crippen molar-refractivity contribution in [2.45, 2.75) is 43.0 Å². The van der Waals surface area contributed by atoms with Gasteiger partial charge in [-0.15, -0.1) is 0 Å². The number of nitrogens with one attached hydrogen (secondary N) is 1. The molecule has 1 fully saturated rings. The first-order valence-corrected chi connectivity index (χ1v) is 7.87. The van der Waals surface area contributed by atoms with Crippen LogP contribution in [0.5, 0.6) is 0 Å². The van der Waals surface area contributed by atoms with Gasteiger partial charge in [0.15, 0.2) is 5.16 Å². The highest BCUT2D eigenvalue weighted by atomic mass is 32.2. The maximum atomic E-state index is 5.44. The van der Waals surface area contributed by atoms with Crippen molar-refractivity contribution >= 4 is 17.7 Å². The molecular formula is C12H18N8S. The number of hydrogen-bond acceptors (Lipinski definition) is 8. The molecule has 1 aliphatic rings. The van der Waals surface area contributed by atoms with Crippen LogP contribution in [0, 0.1) is 5.92 Å². The zero-order chi connectivity index (χ0) is 14.7. The summed E-state index contributed by atoms with van der Waals surface area (Å²) in [5.74, 6) is 6.96. The van der Waals surface area contributed by atoms with E-state index in [9.17, 15) is 0 Å². The molecule has 2 aromatic heterocycles. The Balaban J connectivity index is 1.82. The van der Waals surface area contributed by atoms with Crippen LogP contribution in [0.25, 0.3) is 5.95 Å². The van der Waals surface area contributed by atoms with Gasteiger partial charge in [0.05, 0.1) is 0 Å². The minimum Gasteiger partial charge on any atom is -0.292 e. The molecule has 2 aromatic rings. The number of nitrogens with two attached hydrogens (primary N) is 1. The predicted octanol–water partition coefficient (Wildman–Crippen LogP) is 1.41. The summed E-state index contributed by atoms with van der Waals surface area (Å²) in [5.41, 5.74) is 2.48. The molecule has 3 rings (SSSR count). The Kier molecular flexibility index (Phi) is 4.30. The van der Waals surface area contributed by atoms with Crippen molar-refractivity contribution in [3.8, 4) is 5.95 Å². The van der Waals surface area contributed by atoms with Crippen molar-refractivity contribution in [2.24, 2.45) is 11.8 Å². The summed E-state index contributed by atoms with van der Waals surface area (Å²) in [4.78, 5) is 16.9. The molecule has 0 aliphatic heterocycles. The summed E-state index contributed by atoms with van der Waals surface area (Å²) < 4.78 is 1.50. The lowest BCUT2D eigenvalue weighted by atomic mass is 9.91. The van der Waals surface area contributed by atoms with E-state index >= 15 is 0 Å². The molecule has 0 bridgehead atoms. The van der Waals surface area contributed by atoms with Gasteiger partial charge in [-0.3, -0.25) is 5.43 Å². The number of nitrogens with zero attached hydrogens (tertiary/aromatic N) is 6. The van der Waals surface area contributed by atoms with E-state index in [1.165, 1.54) is 36.7 Å². The van der Waals surface area contributed by atoms with Gasteiger partial charge in [0.1, 0.15) is 12.7 Å². The molecule has 0 radical (unpaired) electrons. The molecule has 0 amide bonds. The first-order valence-electron chi connectivity index (χ1n) is 6.99. The van der Waals surface area contributed by atoms with E-state index in [-0.39, 0.29) is 0 Å². The number of hydrogen-bond donors (Lipinski definition) is 2. The Hall–Kier alpha value is -1.74. The van der Waals surface area contributed by atoms with Gasteiger partial charge in [0, 0.05) is 5.25 Å². The Labute approximate surface area is 127 Å². The topological polar surface area (TPSA) is 107 Å². The molecule has 9 heteroatoms. The fourth-order valence-corrected chi connectivity index (χ4v) is 3.79. The number of aromatic nitrogens is 6. The van der Waals surface area contributed by atoms with E-state index in [1.807, 2.05) is 0 Å². The van der Waals surface area contributed by atoms with Crippen LogP contribution in [0.3, 0.4) is 0 Å². The molecule has 2 heterocycles. The number of anilines is 1. The number of thioether (sulfide) groups is 1. The normalized spacial score (nSPS) is 22.2. The largest absolute Gasteiger partial charge is 0.292 e. The van der Waals surface area contributed by atoms with E-state index in [4.69, 9.17) is 5.84 Å². The third kappa shape index (κ3) is 3.48. The minimum absolute atomic E-state index is 0.335. The summed E-state index contributed by atoms with van der Waals surface area (Å²) in [5, 5.41) is 5.25. The summed E-state index contributed by atoms with van der Waals surface area (Å²) in [6, 6.07) is 0. The fourth-order valence-electron chi connectivity index (χ4n) is 2.51. The molecule has 1 aliphatic carbocycles. The first-order chi connectivity index (χ1) is 10.2. The average Bonchev–Trinajstić information content (AvgIpc) is 3.01. The zero-order valence-electron chi connectivity index (χ0n) is 11.8. The molecule has 21 heavy (non-hydrogen) atoms. The fraction of sp³-hybridized carbons (Fsp3) is 0.583. The van der Waals surface area contributed by atoms with Crippen LogP contribution in [-0.4, -0.2) is 35.0 Å². The molecule has 0 saturated heterocycles. The Bertz CT molecular complexity index is 587. The van der Waals surface area contributed by atoms with Crippen LogP contribution in [0.2, 0.25) is 0 Å². The van der Waals surface area contributed by atoms with Gasteiger partial charge in [-0.1, -0.05) is 31.5 Å². The lowest BCUT2D eigenvalue weighted by molar-refractivity contribution is 0.394. The van der Waals surface area contributed by atoms with Crippen molar-refractivity contribution < 1.29 is 0 Å². The van der Waals surface area contributed by atoms with E-state index in [1.54, 1.807) is 18.1 Å². The SMILES string of the molecule is CC1CCCC(Sc2nc(NN)nc(-n3cncn3)n2)C1. The maximum absolute atomic E-state index is 5.44.